The van der Waals surface area contributed by atoms with E-state index in [2.05, 4.69) is 165 Å². The van der Waals surface area contributed by atoms with E-state index >= 15 is 0 Å². The third kappa shape index (κ3) is 7.30. The highest BCUT2D eigenvalue weighted by Gasteiger charge is 2.21. The molecule has 0 unspecified atom stereocenters. The summed E-state index contributed by atoms with van der Waals surface area (Å²) in [5.74, 6) is 1.71. The van der Waals surface area contributed by atoms with Crippen molar-refractivity contribution in [1.82, 2.24) is 0 Å². The third-order valence-corrected chi connectivity index (χ3v) is 12.5. The zero-order valence-electron chi connectivity index (χ0n) is 36.6. The summed E-state index contributed by atoms with van der Waals surface area (Å²) < 4.78 is 13.3. The van der Waals surface area contributed by atoms with Crippen molar-refractivity contribution in [3.8, 4) is 12.1 Å². The number of allylic oxidation sites excluding steroid dienone is 4. The topological polar surface area (TPSA) is 80.3 Å². The molecule has 0 amide bonds. The fraction of sp³-hybridized carbons (Fsp3) is 0.138. The quantitative estimate of drug-likeness (QED) is 0.144. The molecule has 0 saturated carbocycles. The predicted octanol–water partition coefficient (Wildman–Crippen LogP) is 16.3. The number of nitrogens with zero attached hydrogens (tertiary/aromatic N) is 4. The van der Waals surface area contributed by atoms with Gasteiger partial charge in [0.15, 0.2) is 11.2 Å². The maximum Gasteiger partial charge on any atom is 0.178 e. The third-order valence-electron chi connectivity index (χ3n) is 12.5. The SMILES string of the molecule is Cc1oc2c(ccc3c4cc5ccc(N(c6ccc(C#N)cc6)c6ccc(C(C)C)cc6)cc5cc4oc32)c1/C=C1/C=CC(N(c2ccc(C#N)cc2)c2ccc(C(C)C)cc2)=CC1. The molecular formula is C58H46N4O2. The lowest BCUT2D eigenvalue weighted by Crippen LogP contribution is -2.16. The monoisotopic (exact) mass is 830 g/mol. The summed E-state index contributed by atoms with van der Waals surface area (Å²) in [6.45, 7) is 10.8. The Hall–Kier alpha value is -8.06. The molecule has 0 bridgehead atoms. The molecule has 0 fully saturated rings. The van der Waals surface area contributed by atoms with Crippen LogP contribution in [0.2, 0.25) is 0 Å². The molecule has 0 spiro atoms. The van der Waals surface area contributed by atoms with E-state index in [0.29, 0.717) is 23.0 Å². The first-order valence-corrected chi connectivity index (χ1v) is 21.9. The highest BCUT2D eigenvalue weighted by atomic mass is 16.4. The second kappa shape index (κ2) is 16.3. The molecule has 0 aliphatic heterocycles. The molecule has 0 saturated heterocycles. The lowest BCUT2D eigenvalue weighted by Gasteiger charge is -2.28. The first kappa shape index (κ1) is 40.0. The summed E-state index contributed by atoms with van der Waals surface area (Å²) in [6.07, 6.45) is 9.59. The zero-order chi connectivity index (χ0) is 44.1. The van der Waals surface area contributed by atoms with Crippen LogP contribution in [0.25, 0.3) is 49.8 Å². The summed E-state index contributed by atoms with van der Waals surface area (Å²) >= 11 is 0. The Kier molecular flexibility index (Phi) is 10.2. The van der Waals surface area contributed by atoms with Crippen molar-refractivity contribution in [3.05, 3.63) is 203 Å². The smallest absolute Gasteiger partial charge is 0.178 e. The van der Waals surface area contributed by atoms with Gasteiger partial charge in [-0.1, -0.05) is 70.2 Å². The molecule has 0 N–H and O–H groups in total. The van der Waals surface area contributed by atoms with Crippen molar-refractivity contribution in [2.45, 2.75) is 52.9 Å². The van der Waals surface area contributed by atoms with Crippen molar-refractivity contribution in [3.63, 3.8) is 0 Å². The minimum absolute atomic E-state index is 0.429. The molecule has 64 heavy (non-hydrogen) atoms. The number of furan rings is 2. The number of benzene rings is 7. The van der Waals surface area contributed by atoms with Crippen LogP contribution in [-0.4, -0.2) is 0 Å². The molecular weight excluding hydrogens is 785 g/mol. The van der Waals surface area contributed by atoms with E-state index in [1.165, 1.54) is 16.7 Å². The average Bonchev–Trinajstić information content (AvgIpc) is 3.85. The molecule has 2 heterocycles. The maximum atomic E-state index is 9.50. The summed E-state index contributed by atoms with van der Waals surface area (Å²) in [4.78, 5) is 4.48. The minimum Gasteiger partial charge on any atom is -0.457 e. The van der Waals surface area contributed by atoms with Gasteiger partial charge in [-0.05, 0) is 174 Å². The number of aryl methyl sites for hydroxylation is 1. The fourth-order valence-corrected chi connectivity index (χ4v) is 8.87. The number of hydrogen-bond donors (Lipinski definition) is 0. The van der Waals surface area contributed by atoms with E-state index in [1.807, 2.05) is 55.5 Å². The maximum absolute atomic E-state index is 9.50. The number of hydrogen-bond acceptors (Lipinski definition) is 6. The molecule has 1 aliphatic carbocycles. The van der Waals surface area contributed by atoms with Gasteiger partial charge in [0.2, 0.25) is 0 Å². The van der Waals surface area contributed by atoms with Gasteiger partial charge in [0, 0.05) is 55.9 Å². The van der Waals surface area contributed by atoms with Gasteiger partial charge in [0.1, 0.15) is 11.3 Å². The van der Waals surface area contributed by atoms with E-state index in [-0.39, 0.29) is 0 Å². The van der Waals surface area contributed by atoms with Crippen LogP contribution in [0.3, 0.4) is 0 Å². The average molecular weight is 831 g/mol. The van der Waals surface area contributed by atoms with E-state index in [9.17, 15) is 10.5 Å². The second-order valence-corrected chi connectivity index (χ2v) is 17.2. The molecule has 10 rings (SSSR count). The van der Waals surface area contributed by atoms with Crippen molar-refractivity contribution >= 4 is 78.2 Å². The van der Waals surface area contributed by atoms with Crippen LogP contribution >= 0.6 is 0 Å². The van der Waals surface area contributed by atoms with Crippen LogP contribution in [0.15, 0.2) is 178 Å². The van der Waals surface area contributed by atoms with Crippen LogP contribution < -0.4 is 9.80 Å². The van der Waals surface area contributed by atoms with Crippen LogP contribution in [0, 0.1) is 29.6 Å². The van der Waals surface area contributed by atoms with Gasteiger partial charge < -0.3 is 18.6 Å². The molecule has 9 aromatic rings. The normalized spacial score (nSPS) is 13.3. The van der Waals surface area contributed by atoms with Gasteiger partial charge in [-0.25, -0.2) is 0 Å². The first-order valence-electron chi connectivity index (χ1n) is 21.9. The van der Waals surface area contributed by atoms with Gasteiger partial charge in [0.05, 0.1) is 23.3 Å². The Morgan fingerprint density at radius 3 is 1.61 bits per heavy atom. The second-order valence-electron chi connectivity index (χ2n) is 17.2. The Balaban J connectivity index is 0.984. The summed E-state index contributed by atoms with van der Waals surface area (Å²) in [5.41, 5.74) is 14.5. The standard InChI is InChI=1S/C58H46N4O2/c1-36(2)42-12-23-49(24-13-42)61(47-19-8-40(34-59)9-20-47)46-17-6-39(7-18-46)30-54-38(5)63-57-52(54)28-29-53-55-32-44-16-27-51(31-45(44)33-56(55)64-58(53)57)62(48-21-10-41(35-60)11-22-48)50-25-14-43(15-26-50)37(3)4/h6,8-33,36-37H,7H2,1-5H3/b39-30-. The molecule has 1 aliphatic rings. The molecule has 0 radical (unpaired) electrons. The first-order chi connectivity index (χ1) is 31.1. The zero-order valence-corrected chi connectivity index (χ0v) is 36.6. The summed E-state index contributed by atoms with van der Waals surface area (Å²) in [7, 11) is 0. The van der Waals surface area contributed by atoms with Gasteiger partial charge in [-0.3, -0.25) is 0 Å². The number of anilines is 5. The Morgan fingerprint density at radius 2 is 1.06 bits per heavy atom. The van der Waals surface area contributed by atoms with Crippen molar-refractivity contribution in [1.29, 1.82) is 10.5 Å². The predicted molar refractivity (Wildman–Crippen MR) is 263 cm³/mol. The fourth-order valence-electron chi connectivity index (χ4n) is 8.87. The van der Waals surface area contributed by atoms with Gasteiger partial charge >= 0.3 is 0 Å². The van der Waals surface area contributed by atoms with Crippen LogP contribution in [-0.2, 0) is 0 Å². The summed E-state index contributed by atoms with van der Waals surface area (Å²) in [5, 5.41) is 24.2. The number of nitriles is 2. The van der Waals surface area contributed by atoms with Crippen molar-refractivity contribution < 1.29 is 8.83 Å². The highest BCUT2D eigenvalue weighted by Crippen LogP contribution is 2.42. The Labute approximate surface area is 373 Å². The van der Waals surface area contributed by atoms with Crippen molar-refractivity contribution in [2.75, 3.05) is 9.80 Å². The molecule has 2 aromatic heterocycles. The molecule has 6 heteroatoms. The lowest BCUT2D eigenvalue weighted by molar-refractivity contribution is 0.568. The van der Waals surface area contributed by atoms with Gasteiger partial charge in [-0.2, -0.15) is 10.5 Å². The summed E-state index contributed by atoms with van der Waals surface area (Å²) in [6, 6.07) is 52.6. The van der Waals surface area contributed by atoms with Crippen LogP contribution in [0.5, 0.6) is 0 Å². The number of rotatable bonds is 9. The Bertz CT molecular complexity index is 3420. The molecule has 6 nitrogen and oxygen atoms in total. The van der Waals surface area contributed by atoms with Gasteiger partial charge in [0.25, 0.3) is 0 Å². The van der Waals surface area contributed by atoms with Crippen LogP contribution in [0.1, 0.15) is 79.5 Å². The molecule has 0 atom stereocenters. The van der Waals surface area contributed by atoms with E-state index < -0.39 is 0 Å². The Morgan fingerprint density at radius 1 is 0.531 bits per heavy atom. The largest absolute Gasteiger partial charge is 0.457 e. The van der Waals surface area contributed by atoms with E-state index in [4.69, 9.17) is 8.83 Å². The van der Waals surface area contributed by atoms with Gasteiger partial charge in [-0.15, -0.1) is 0 Å². The molecule has 310 valence electrons. The molecule has 7 aromatic carbocycles. The lowest BCUT2D eigenvalue weighted by atomic mass is 9.99. The van der Waals surface area contributed by atoms with E-state index in [1.54, 1.807) is 0 Å². The minimum atomic E-state index is 0.429. The van der Waals surface area contributed by atoms with Crippen molar-refractivity contribution in [2.24, 2.45) is 0 Å². The van der Waals surface area contributed by atoms with Crippen LogP contribution in [0.4, 0.5) is 28.4 Å². The number of fused-ring (bicyclic) bond motifs is 6. The highest BCUT2D eigenvalue weighted by molar-refractivity contribution is 6.17. The van der Waals surface area contributed by atoms with E-state index in [0.717, 1.165) is 95.6 Å².